The molecule has 0 fully saturated rings. The molecule has 1 aliphatic carbocycles. The van der Waals surface area contributed by atoms with E-state index < -0.39 is 0 Å². The summed E-state index contributed by atoms with van der Waals surface area (Å²) in [5.74, 6) is 0.394. The number of methoxy groups -OCH3 is 1. The Bertz CT molecular complexity index is 294. The molecule has 1 rings (SSSR count). The third-order valence-electron chi connectivity index (χ3n) is 2.75. The molecule has 2 unspecified atom stereocenters. The Morgan fingerprint density at radius 2 is 2.27 bits per heavy atom. The number of carbonyl (C=O) groups excluding carboxylic acids is 1. The maximum absolute atomic E-state index is 11.5. The summed E-state index contributed by atoms with van der Waals surface area (Å²) in [6, 6.07) is 0.132. The smallest absolute Gasteiger partial charge is 0.221 e. The van der Waals surface area contributed by atoms with Crippen molar-refractivity contribution in [2.75, 3.05) is 13.8 Å². The molecule has 0 aromatic carbocycles. The van der Waals surface area contributed by atoms with Crippen LogP contribution in [0.4, 0.5) is 0 Å². The van der Waals surface area contributed by atoms with Gasteiger partial charge in [-0.2, -0.15) is 0 Å². The molecule has 0 aromatic heterocycles. The zero-order valence-electron chi connectivity index (χ0n) is 9.86. The molecular formula is C12H19NO2. The first-order valence-corrected chi connectivity index (χ1v) is 5.19. The average Bonchev–Trinajstić information content (AvgIpc) is 2.15. The average molecular weight is 209 g/mol. The van der Waals surface area contributed by atoms with Crippen LogP contribution in [-0.4, -0.2) is 30.7 Å². The van der Waals surface area contributed by atoms with Crippen molar-refractivity contribution in [3.05, 3.63) is 23.8 Å². The fourth-order valence-corrected chi connectivity index (χ4v) is 2.04. The Labute approximate surface area is 91.4 Å². The Hall–Kier alpha value is -1.09. The number of ether oxygens (including phenoxy) is 1. The number of amides is 1. The number of hydrogen-bond donors (Lipinski definition) is 0. The predicted octanol–water partition coefficient (Wildman–Crippen LogP) is 1.96. The van der Waals surface area contributed by atoms with Gasteiger partial charge < -0.3 is 9.64 Å². The number of carbonyl (C=O) groups is 1. The van der Waals surface area contributed by atoms with Crippen LogP contribution in [0.2, 0.25) is 0 Å². The standard InChI is InChI=1S/C12H19NO2/c1-9-6-5-7-10(2)12(9)13(8-15-4)11(3)14/h5-7,9,12H,8H2,1-4H3. The molecule has 0 N–H and O–H groups in total. The number of allylic oxidation sites excluding steroid dienone is 2. The van der Waals surface area contributed by atoms with Crippen molar-refractivity contribution in [1.29, 1.82) is 0 Å². The van der Waals surface area contributed by atoms with Crippen LogP contribution in [0.1, 0.15) is 20.8 Å². The van der Waals surface area contributed by atoms with E-state index in [1.165, 1.54) is 5.57 Å². The van der Waals surface area contributed by atoms with Crippen molar-refractivity contribution in [3.63, 3.8) is 0 Å². The van der Waals surface area contributed by atoms with E-state index in [0.29, 0.717) is 12.6 Å². The molecule has 3 heteroatoms. The van der Waals surface area contributed by atoms with E-state index in [2.05, 4.69) is 26.0 Å². The van der Waals surface area contributed by atoms with Gasteiger partial charge >= 0.3 is 0 Å². The van der Waals surface area contributed by atoms with Crippen LogP contribution in [-0.2, 0) is 9.53 Å². The van der Waals surface area contributed by atoms with Crippen LogP contribution >= 0.6 is 0 Å². The first kappa shape index (κ1) is 12.0. The third-order valence-corrected chi connectivity index (χ3v) is 2.75. The quantitative estimate of drug-likeness (QED) is 0.665. The summed E-state index contributed by atoms with van der Waals surface area (Å²) in [5, 5.41) is 0. The van der Waals surface area contributed by atoms with Gasteiger partial charge in [-0.25, -0.2) is 0 Å². The van der Waals surface area contributed by atoms with E-state index in [1.807, 2.05) is 6.08 Å². The summed E-state index contributed by atoms with van der Waals surface area (Å²) in [4.78, 5) is 13.3. The second-order valence-corrected chi connectivity index (χ2v) is 4.01. The molecule has 0 bridgehead atoms. The highest BCUT2D eigenvalue weighted by atomic mass is 16.5. The number of rotatable bonds is 3. The lowest BCUT2D eigenvalue weighted by Crippen LogP contribution is -2.44. The molecule has 0 aliphatic heterocycles. The summed E-state index contributed by atoms with van der Waals surface area (Å²) in [6.45, 7) is 6.10. The van der Waals surface area contributed by atoms with Crippen LogP contribution in [0, 0.1) is 5.92 Å². The second kappa shape index (κ2) is 5.12. The molecule has 0 saturated heterocycles. The molecule has 0 saturated carbocycles. The van der Waals surface area contributed by atoms with Gasteiger partial charge in [0, 0.05) is 14.0 Å². The number of nitrogens with zero attached hydrogens (tertiary/aromatic N) is 1. The van der Waals surface area contributed by atoms with Crippen LogP contribution < -0.4 is 0 Å². The third kappa shape index (κ3) is 2.69. The fourth-order valence-electron chi connectivity index (χ4n) is 2.04. The van der Waals surface area contributed by atoms with Gasteiger partial charge in [0.05, 0.1) is 6.04 Å². The molecule has 2 atom stereocenters. The maximum atomic E-state index is 11.5. The number of hydrogen-bond acceptors (Lipinski definition) is 2. The molecule has 0 radical (unpaired) electrons. The van der Waals surface area contributed by atoms with Crippen LogP contribution in [0.3, 0.4) is 0 Å². The minimum absolute atomic E-state index is 0.0525. The highest BCUT2D eigenvalue weighted by Gasteiger charge is 2.27. The van der Waals surface area contributed by atoms with Crippen LogP contribution in [0.25, 0.3) is 0 Å². The van der Waals surface area contributed by atoms with Gasteiger partial charge in [0.25, 0.3) is 0 Å². The summed E-state index contributed by atoms with van der Waals surface area (Å²) in [7, 11) is 1.61. The zero-order chi connectivity index (χ0) is 11.4. The minimum atomic E-state index is 0.0525. The molecule has 84 valence electrons. The predicted molar refractivity (Wildman–Crippen MR) is 60.2 cm³/mol. The second-order valence-electron chi connectivity index (χ2n) is 4.01. The summed E-state index contributed by atoms with van der Waals surface area (Å²) in [5.41, 5.74) is 1.21. The van der Waals surface area contributed by atoms with Crippen LogP contribution in [0.15, 0.2) is 23.8 Å². The van der Waals surface area contributed by atoms with Crippen LogP contribution in [0.5, 0.6) is 0 Å². The van der Waals surface area contributed by atoms with E-state index in [9.17, 15) is 4.79 Å². The van der Waals surface area contributed by atoms with Gasteiger partial charge in [0.2, 0.25) is 5.91 Å². The van der Waals surface area contributed by atoms with E-state index >= 15 is 0 Å². The molecule has 0 aromatic rings. The van der Waals surface area contributed by atoms with E-state index in [1.54, 1.807) is 18.9 Å². The molecule has 15 heavy (non-hydrogen) atoms. The van der Waals surface area contributed by atoms with Crippen molar-refractivity contribution in [1.82, 2.24) is 4.90 Å². The lowest BCUT2D eigenvalue weighted by Gasteiger charge is -2.35. The van der Waals surface area contributed by atoms with E-state index in [0.717, 1.165) is 0 Å². The van der Waals surface area contributed by atoms with E-state index in [4.69, 9.17) is 4.74 Å². The summed E-state index contributed by atoms with van der Waals surface area (Å²) in [6.07, 6.45) is 6.21. The van der Waals surface area contributed by atoms with Crippen molar-refractivity contribution in [2.24, 2.45) is 5.92 Å². The lowest BCUT2D eigenvalue weighted by atomic mass is 9.89. The topological polar surface area (TPSA) is 29.5 Å². The van der Waals surface area contributed by atoms with E-state index in [-0.39, 0.29) is 11.9 Å². The van der Waals surface area contributed by atoms with Crippen molar-refractivity contribution < 1.29 is 9.53 Å². The maximum Gasteiger partial charge on any atom is 0.221 e. The SMILES string of the molecule is COCN(C(C)=O)C1C(C)=CC=CC1C. The van der Waals surface area contributed by atoms with Crippen molar-refractivity contribution in [3.8, 4) is 0 Å². The first-order chi connectivity index (χ1) is 7.07. The summed E-state index contributed by atoms with van der Waals surface area (Å²) < 4.78 is 5.07. The van der Waals surface area contributed by atoms with Gasteiger partial charge in [0.1, 0.15) is 6.73 Å². The normalized spacial score (nSPS) is 24.9. The first-order valence-electron chi connectivity index (χ1n) is 5.19. The summed E-state index contributed by atoms with van der Waals surface area (Å²) >= 11 is 0. The van der Waals surface area contributed by atoms with Gasteiger partial charge in [-0.05, 0) is 12.8 Å². The molecule has 0 heterocycles. The minimum Gasteiger partial charge on any atom is -0.364 e. The fraction of sp³-hybridized carbons (Fsp3) is 0.583. The zero-order valence-corrected chi connectivity index (χ0v) is 9.86. The Morgan fingerprint density at radius 3 is 2.73 bits per heavy atom. The molecule has 0 spiro atoms. The van der Waals surface area contributed by atoms with Crippen molar-refractivity contribution >= 4 is 5.91 Å². The largest absolute Gasteiger partial charge is 0.364 e. The van der Waals surface area contributed by atoms with Gasteiger partial charge in [-0.15, -0.1) is 0 Å². The highest BCUT2D eigenvalue weighted by molar-refractivity contribution is 5.74. The molecular weight excluding hydrogens is 190 g/mol. The Kier molecular flexibility index (Phi) is 4.09. The monoisotopic (exact) mass is 209 g/mol. The van der Waals surface area contributed by atoms with Crippen molar-refractivity contribution in [2.45, 2.75) is 26.8 Å². The van der Waals surface area contributed by atoms with Gasteiger partial charge in [-0.3, -0.25) is 4.79 Å². The highest BCUT2D eigenvalue weighted by Crippen LogP contribution is 2.24. The molecule has 3 nitrogen and oxygen atoms in total. The van der Waals surface area contributed by atoms with Gasteiger partial charge in [-0.1, -0.05) is 30.7 Å². The molecule has 1 aliphatic rings. The lowest BCUT2D eigenvalue weighted by molar-refractivity contribution is -0.136. The Morgan fingerprint density at radius 1 is 1.60 bits per heavy atom. The Balaban J connectivity index is 2.87. The van der Waals surface area contributed by atoms with Gasteiger partial charge in [0.15, 0.2) is 0 Å². The molecule has 1 amide bonds.